The van der Waals surface area contributed by atoms with Crippen LogP contribution < -0.4 is 21.1 Å². The summed E-state index contributed by atoms with van der Waals surface area (Å²) in [6.45, 7) is 24.1. The van der Waals surface area contributed by atoms with Crippen molar-refractivity contribution in [2.24, 2.45) is 23.6 Å². The highest BCUT2D eigenvalue weighted by Gasteiger charge is 2.22. The zero-order valence-corrected chi connectivity index (χ0v) is 29.2. The molecule has 8 heteroatoms. The van der Waals surface area contributed by atoms with Crippen LogP contribution >= 0.6 is 0 Å². The molecule has 1 amide bonds. The van der Waals surface area contributed by atoms with Crippen molar-refractivity contribution < 1.29 is 4.79 Å². The first kappa shape index (κ1) is 37.2. The number of nitrogens with zero attached hydrogens (tertiary/aromatic N) is 5. The van der Waals surface area contributed by atoms with E-state index in [9.17, 15) is 4.79 Å². The molecule has 0 aliphatic carbocycles. The zero-order chi connectivity index (χ0) is 32.6. The number of nitrogens with one attached hydrogen (secondary N) is 1. The molecule has 246 valence electrons. The van der Waals surface area contributed by atoms with E-state index in [1.54, 1.807) is 11.2 Å². The molecule has 2 rings (SSSR count). The van der Waals surface area contributed by atoms with Crippen molar-refractivity contribution in [1.82, 2.24) is 14.9 Å². The van der Waals surface area contributed by atoms with E-state index in [0.29, 0.717) is 35.6 Å². The van der Waals surface area contributed by atoms with Gasteiger partial charge >= 0.3 is 0 Å². The Morgan fingerprint density at radius 3 is 2.20 bits per heavy atom. The van der Waals surface area contributed by atoms with Crippen LogP contribution in [0.15, 0.2) is 42.2 Å². The van der Waals surface area contributed by atoms with Crippen molar-refractivity contribution in [3.05, 3.63) is 53.5 Å². The largest absolute Gasteiger partial charge is 0.354 e. The molecule has 3 atom stereocenters. The number of amides is 1. The quantitative estimate of drug-likeness (QED) is 0.116. The summed E-state index contributed by atoms with van der Waals surface area (Å²) < 4.78 is 0. The number of benzene rings is 1. The van der Waals surface area contributed by atoms with E-state index in [0.717, 1.165) is 69.2 Å². The molecular weight excluding hydrogens is 546 g/mol. The van der Waals surface area contributed by atoms with E-state index in [2.05, 4.69) is 74.9 Å². The van der Waals surface area contributed by atoms with Gasteiger partial charge in [-0.05, 0) is 94.1 Å². The lowest BCUT2D eigenvalue weighted by Crippen LogP contribution is -2.34. The van der Waals surface area contributed by atoms with Crippen molar-refractivity contribution >= 4 is 23.2 Å². The number of hydrazine groups is 1. The highest BCUT2D eigenvalue weighted by atomic mass is 16.2. The molecule has 1 aromatic carbocycles. The van der Waals surface area contributed by atoms with Gasteiger partial charge in [0.1, 0.15) is 0 Å². The summed E-state index contributed by atoms with van der Waals surface area (Å²) in [6.07, 6.45) is 10.3. The van der Waals surface area contributed by atoms with Crippen LogP contribution in [0.3, 0.4) is 0 Å². The average Bonchev–Trinajstić information content (AvgIpc) is 3.02. The Morgan fingerprint density at radius 2 is 1.61 bits per heavy atom. The summed E-state index contributed by atoms with van der Waals surface area (Å²) in [5, 5.41) is 4.87. The van der Waals surface area contributed by atoms with Gasteiger partial charge in [0.05, 0.1) is 16.9 Å². The number of hydrogen-bond acceptors (Lipinski definition) is 7. The number of rotatable bonds is 20. The first-order valence-corrected chi connectivity index (χ1v) is 17.0. The maximum absolute atomic E-state index is 14.0. The van der Waals surface area contributed by atoms with E-state index < -0.39 is 0 Å². The monoisotopic (exact) mass is 607 g/mol. The Kier molecular flexibility index (Phi) is 16.4. The number of carbonyl (C=O) groups is 1. The molecule has 0 saturated carbocycles. The second kappa shape index (κ2) is 19.4. The minimum Gasteiger partial charge on any atom is -0.354 e. The topological polar surface area (TPSA) is 90.6 Å². The third kappa shape index (κ3) is 11.5. The number of anilines is 3. The smallest absolute Gasteiger partial charge is 0.261 e. The van der Waals surface area contributed by atoms with Crippen LogP contribution in [0, 0.1) is 24.7 Å². The number of aryl methyl sites for hydroxylation is 1. The van der Waals surface area contributed by atoms with Gasteiger partial charge in [-0.15, -0.1) is 0 Å². The van der Waals surface area contributed by atoms with Gasteiger partial charge in [0.15, 0.2) is 0 Å². The third-order valence-corrected chi connectivity index (χ3v) is 8.90. The molecule has 0 spiro atoms. The van der Waals surface area contributed by atoms with Gasteiger partial charge in [-0.3, -0.25) is 14.7 Å². The zero-order valence-electron chi connectivity index (χ0n) is 29.2. The van der Waals surface area contributed by atoms with Crippen molar-refractivity contribution in [3.63, 3.8) is 0 Å². The van der Waals surface area contributed by atoms with Crippen LogP contribution in [-0.4, -0.2) is 53.5 Å². The fourth-order valence-electron chi connectivity index (χ4n) is 5.08. The van der Waals surface area contributed by atoms with Crippen LogP contribution in [0.2, 0.25) is 0 Å². The molecule has 44 heavy (non-hydrogen) atoms. The fourth-order valence-corrected chi connectivity index (χ4v) is 5.08. The lowest BCUT2D eigenvalue weighted by atomic mass is 9.98. The first-order chi connectivity index (χ1) is 21.1. The Morgan fingerprint density at radius 1 is 0.955 bits per heavy atom. The highest BCUT2D eigenvalue weighted by Crippen LogP contribution is 2.27. The van der Waals surface area contributed by atoms with Gasteiger partial charge in [0, 0.05) is 37.7 Å². The maximum atomic E-state index is 14.0. The van der Waals surface area contributed by atoms with Gasteiger partial charge in [-0.25, -0.2) is 15.8 Å². The number of hydrogen-bond donors (Lipinski definition) is 2. The summed E-state index contributed by atoms with van der Waals surface area (Å²) >= 11 is 0. The Balaban J connectivity index is 2.42. The summed E-state index contributed by atoms with van der Waals surface area (Å²) in [5.41, 5.74) is 4.18. The SMILES string of the molecule is CCCN(CCC(C)CC)C/C(=C/N(N)c1cccc(N(CCC(C)CC)C(=O)c2cnc(NCC)nc2C)c1)C(C)CC. The second-order valence-electron chi connectivity index (χ2n) is 12.5. The highest BCUT2D eigenvalue weighted by molar-refractivity contribution is 6.06. The van der Waals surface area contributed by atoms with Crippen molar-refractivity contribution in [1.29, 1.82) is 0 Å². The minimum atomic E-state index is -0.0954. The molecule has 2 aromatic rings. The van der Waals surface area contributed by atoms with Crippen LogP contribution in [0.5, 0.6) is 0 Å². The maximum Gasteiger partial charge on any atom is 0.261 e. The summed E-state index contributed by atoms with van der Waals surface area (Å²) in [5.74, 6) is 8.84. The Hall–Kier alpha value is -2.97. The number of carbonyl (C=O) groups excluding carboxylic acids is 1. The average molecular weight is 608 g/mol. The third-order valence-electron chi connectivity index (χ3n) is 8.90. The standard InChI is InChI=1S/C36H61N7O/c1-10-20-41(21-18-27(6)11-2)25-31(29(8)13-4)26-43(37)33-17-15-16-32(23-33)42(22-19-28(7)12-3)35(44)34-24-39-36(38-14-5)40-30(34)9/h15-17,23-24,26-29H,10-14,18-22,25,37H2,1-9H3,(H,38,39,40)/b31-26-. The van der Waals surface area contributed by atoms with Crippen LogP contribution in [0.25, 0.3) is 0 Å². The van der Waals surface area contributed by atoms with E-state index in [4.69, 9.17) is 5.84 Å². The molecule has 0 aliphatic rings. The van der Waals surface area contributed by atoms with Gasteiger partial charge in [0.2, 0.25) is 5.95 Å². The molecular formula is C36H61N7O. The van der Waals surface area contributed by atoms with E-state index in [1.165, 1.54) is 18.4 Å². The first-order valence-electron chi connectivity index (χ1n) is 17.0. The minimum absolute atomic E-state index is 0.0954. The lowest BCUT2D eigenvalue weighted by Gasteiger charge is -2.29. The van der Waals surface area contributed by atoms with Gasteiger partial charge in [0.25, 0.3) is 5.91 Å². The number of aromatic nitrogens is 2. The van der Waals surface area contributed by atoms with Crippen LogP contribution in [-0.2, 0) is 0 Å². The van der Waals surface area contributed by atoms with Gasteiger partial charge < -0.3 is 10.2 Å². The molecule has 0 bridgehead atoms. The van der Waals surface area contributed by atoms with Gasteiger partial charge in [-0.2, -0.15) is 0 Å². The molecule has 8 nitrogen and oxygen atoms in total. The summed E-state index contributed by atoms with van der Waals surface area (Å²) in [7, 11) is 0. The van der Waals surface area contributed by atoms with Crippen LogP contribution in [0.4, 0.5) is 17.3 Å². The molecule has 1 aromatic heterocycles. The predicted molar refractivity (Wildman–Crippen MR) is 188 cm³/mol. The fraction of sp³-hybridized carbons (Fsp3) is 0.639. The van der Waals surface area contributed by atoms with Crippen molar-refractivity contribution in [3.8, 4) is 0 Å². The van der Waals surface area contributed by atoms with Gasteiger partial charge in [-0.1, -0.05) is 67.4 Å². The molecule has 3 N–H and O–H groups in total. The molecule has 0 radical (unpaired) electrons. The number of nitrogens with two attached hydrogens (primary N) is 1. The van der Waals surface area contributed by atoms with Crippen molar-refractivity contribution in [2.75, 3.05) is 47.9 Å². The molecule has 1 heterocycles. The molecule has 0 aliphatic heterocycles. The molecule has 0 saturated heterocycles. The summed E-state index contributed by atoms with van der Waals surface area (Å²) in [4.78, 5) is 27.4. The van der Waals surface area contributed by atoms with E-state index in [1.807, 2.05) is 43.0 Å². The Bertz CT molecular complexity index is 1170. The van der Waals surface area contributed by atoms with Crippen molar-refractivity contribution in [2.45, 2.75) is 101 Å². The summed E-state index contributed by atoms with van der Waals surface area (Å²) in [6, 6.07) is 8.01. The Labute approximate surface area is 268 Å². The molecule has 3 unspecified atom stereocenters. The van der Waals surface area contributed by atoms with E-state index in [-0.39, 0.29) is 5.91 Å². The van der Waals surface area contributed by atoms with E-state index >= 15 is 0 Å². The van der Waals surface area contributed by atoms with Crippen LogP contribution in [0.1, 0.15) is 110 Å². The molecule has 0 fully saturated rings. The normalized spacial score (nSPS) is 13.9. The lowest BCUT2D eigenvalue weighted by molar-refractivity contribution is 0.0984. The second-order valence-corrected chi connectivity index (χ2v) is 12.5. The predicted octanol–water partition coefficient (Wildman–Crippen LogP) is 8.06.